The predicted octanol–water partition coefficient (Wildman–Crippen LogP) is 4.33. The summed E-state index contributed by atoms with van der Waals surface area (Å²) in [5.41, 5.74) is 4.06. The summed E-state index contributed by atoms with van der Waals surface area (Å²) in [5.74, 6) is 1.04. The SMILES string of the molecule is CNC(c1csc(I)c1)c1ccc2c(c1)C(C)(C)CO2. The first kappa shape index (κ1) is 14.4. The lowest BCUT2D eigenvalue weighted by Gasteiger charge is -2.19. The highest BCUT2D eigenvalue weighted by atomic mass is 127. The normalized spacial score (nSPS) is 17.6. The van der Waals surface area contributed by atoms with Crippen LogP contribution in [0.4, 0.5) is 0 Å². The molecule has 1 unspecified atom stereocenters. The van der Waals surface area contributed by atoms with E-state index in [-0.39, 0.29) is 11.5 Å². The van der Waals surface area contributed by atoms with Crippen LogP contribution >= 0.6 is 33.9 Å². The molecule has 0 radical (unpaired) electrons. The van der Waals surface area contributed by atoms with E-state index in [1.54, 1.807) is 11.3 Å². The first-order chi connectivity index (χ1) is 9.51. The first-order valence-corrected chi connectivity index (χ1v) is 8.65. The van der Waals surface area contributed by atoms with Crippen LogP contribution in [0.3, 0.4) is 0 Å². The van der Waals surface area contributed by atoms with Crippen molar-refractivity contribution in [2.75, 3.05) is 13.7 Å². The Morgan fingerprint density at radius 2 is 2.10 bits per heavy atom. The number of ether oxygens (including phenoxy) is 1. The maximum absolute atomic E-state index is 5.77. The van der Waals surface area contributed by atoms with E-state index in [9.17, 15) is 0 Å². The van der Waals surface area contributed by atoms with Gasteiger partial charge in [-0.3, -0.25) is 0 Å². The second-order valence-corrected chi connectivity index (χ2v) is 8.64. The van der Waals surface area contributed by atoms with Crippen LogP contribution in [0, 0.1) is 2.88 Å². The fraction of sp³-hybridized carbons (Fsp3) is 0.375. The molecular formula is C16H18INOS. The Morgan fingerprint density at radius 1 is 1.30 bits per heavy atom. The van der Waals surface area contributed by atoms with Crippen LogP contribution in [0.25, 0.3) is 0 Å². The van der Waals surface area contributed by atoms with E-state index in [1.807, 2.05) is 7.05 Å². The van der Waals surface area contributed by atoms with E-state index in [4.69, 9.17) is 4.74 Å². The smallest absolute Gasteiger partial charge is 0.123 e. The monoisotopic (exact) mass is 399 g/mol. The summed E-state index contributed by atoms with van der Waals surface area (Å²) in [6, 6.07) is 9.08. The lowest BCUT2D eigenvalue weighted by molar-refractivity contribution is 0.291. The molecule has 1 aromatic carbocycles. The molecule has 0 fully saturated rings. The number of rotatable bonds is 3. The summed E-state index contributed by atoms with van der Waals surface area (Å²) in [7, 11) is 2.02. The van der Waals surface area contributed by atoms with Crippen molar-refractivity contribution in [3.8, 4) is 5.75 Å². The Hall–Kier alpha value is -0.590. The summed E-state index contributed by atoms with van der Waals surface area (Å²) in [6.07, 6.45) is 0. The molecule has 0 aliphatic carbocycles. The lowest BCUT2D eigenvalue weighted by atomic mass is 9.85. The molecule has 0 saturated heterocycles. The van der Waals surface area contributed by atoms with E-state index in [1.165, 1.54) is 19.6 Å². The summed E-state index contributed by atoms with van der Waals surface area (Å²) >= 11 is 4.17. The van der Waals surface area contributed by atoms with Crippen LogP contribution < -0.4 is 10.1 Å². The number of fused-ring (bicyclic) bond motifs is 1. The molecule has 0 saturated carbocycles. The molecule has 1 aliphatic rings. The molecule has 1 N–H and O–H groups in total. The molecule has 1 atom stereocenters. The molecule has 4 heteroatoms. The summed E-state index contributed by atoms with van der Waals surface area (Å²) < 4.78 is 7.09. The zero-order chi connectivity index (χ0) is 14.3. The number of nitrogens with one attached hydrogen (secondary N) is 1. The zero-order valence-electron chi connectivity index (χ0n) is 11.9. The van der Waals surface area contributed by atoms with E-state index < -0.39 is 0 Å². The molecule has 20 heavy (non-hydrogen) atoms. The summed E-state index contributed by atoms with van der Waals surface area (Å²) in [5, 5.41) is 5.66. The Kier molecular flexibility index (Phi) is 3.81. The van der Waals surface area contributed by atoms with Crippen molar-refractivity contribution in [3.63, 3.8) is 0 Å². The van der Waals surface area contributed by atoms with Crippen LogP contribution in [-0.2, 0) is 5.41 Å². The molecular weight excluding hydrogens is 381 g/mol. The van der Waals surface area contributed by atoms with E-state index in [0.717, 1.165) is 12.4 Å². The van der Waals surface area contributed by atoms with Gasteiger partial charge in [-0.05, 0) is 64.3 Å². The molecule has 0 amide bonds. The fourth-order valence-electron chi connectivity index (χ4n) is 2.72. The Labute approximate surface area is 137 Å². The van der Waals surface area contributed by atoms with Crippen LogP contribution in [0.2, 0.25) is 0 Å². The highest BCUT2D eigenvalue weighted by Gasteiger charge is 2.32. The van der Waals surface area contributed by atoms with Gasteiger partial charge in [0.2, 0.25) is 0 Å². The largest absolute Gasteiger partial charge is 0.492 e. The summed E-state index contributed by atoms with van der Waals surface area (Å²) in [4.78, 5) is 0. The maximum atomic E-state index is 5.77. The third-order valence-electron chi connectivity index (χ3n) is 3.86. The van der Waals surface area contributed by atoms with Gasteiger partial charge in [0.1, 0.15) is 5.75 Å². The second-order valence-electron chi connectivity index (χ2n) is 5.83. The minimum atomic E-state index is 0.104. The topological polar surface area (TPSA) is 21.3 Å². The Balaban J connectivity index is 2.02. The molecule has 1 aliphatic heterocycles. The molecule has 0 spiro atoms. The number of hydrogen-bond donors (Lipinski definition) is 1. The van der Waals surface area contributed by atoms with Crippen molar-refractivity contribution >= 4 is 33.9 Å². The van der Waals surface area contributed by atoms with Crippen LogP contribution in [0.15, 0.2) is 29.6 Å². The van der Waals surface area contributed by atoms with Crippen molar-refractivity contribution in [3.05, 3.63) is 49.2 Å². The highest BCUT2D eigenvalue weighted by Crippen LogP contribution is 2.40. The van der Waals surface area contributed by atoms with Crippen molar-refractivity contribution in [2.24, 2.45) is 0 Å². The molecule has 106 valence electrons. The minimum Gasteiger partial charge on any atom is -0.492 e. The van der Waals surface area contributed by atoms with Crippen LogP contribution in [0.5, 0.6) is 5.75 Å². The van der Waals surface area contributed by atoms with Gasteiger partial charge in [0, 0.05) is 11.0 Å². The number of thiophene rings is 1. The van der Waals surface area contributed by atoms with Gasteiger partial charge in [0.05, 0.1) is 15.5 Å². The minimum absolute atomic E-state index is 0.104. The standard InChI is InChI=1S/C16H18INOS/c1-16(2)9-19-13-5-4-10(6-12(13)16)15(18-3)11-7-14(17)20-8-11/h4-8,15,18H,9H2,1-3H3. The Morgan fingerprint density at radius 3 is 2.75 bits per heavy atom. The predicted molar refractivity (Wildman–Crippen MR) is 92.9 cm³/mol. The second kappa shape index (κ2) is 5.31. The molecule has 2 aromatic rings. The molecule has 2 nitrogen and oxygen atoms in total. The first-order valence-electron chi connectivity index (χ1n) is 6.70. The Bertz CT molecular complexity index is 635. The van der Waals surface area contributed by atoms with E-state index in [2.05, 4.69) is 71.4 Å². The van der Waals surface area contributed by atoms with E-state index >= 15 is 0 Å². The van der Waals surface area contributed by atoms with Gasteiger partial charge in [-0.25, -0.2) is 0 Å². The van der Waals surface area contributed by atoms with Gasteiger partial charge in [-0.15, -0.1) is 11.3 Å². The van der Waals surface area contributed by atoms with Crippen molar-refractivity contribution in [2.45, 2.75) is 25.3 Å². The number of halogens is 1. The highest BCUT2D eigenvalue weighted by molar-refractivity contribution is 14.1. The van der Waals surface area contributed by atoms with Crippen molar-refractivity contribution < 1.29 is 4.74 Å². The maximum Gasteiger partial charge on any atom is 0.123 e. The van der Waals surface area contributed by atoms with Gasteiger partial charge in [0.15, 0.2) is 0 Å². The molecule has 0 bridgehead atoms. The number of hydrogen-bond acceptors (Lipinski definition) is 3. The average molecular weight is 399 g/mol. The van der Waals surface area contributed by atoms with Gasteiger partial charge in [0.25, 0.3) is 0 Å². The summed E-state index contributed by atoms with van der Waals surface area (Å²) in [6.45, 7) is 5.25. The van der Waals surface area contributed by atoms with Crippen LogP contribution in [0.1, 0.15) is 36.6 Å². The van der Waals surface area contributed by atoms with Crippen molar-refractivity contribution in [1.29, 1.82) is 0 Å². The van der Waals surface area contributed by atoms with Gasteiger partial charge < -0.3 is 10.1 Å². The van der Waals surface area contributed by atoms with Crippen molar-refractivity contribution in [1.82, 2.24) is 5.32 Å². The molecule has 1 aromatic heterocycles. The fourth-order valence-corrected chi connectivity index (χ4v) is 4.12. The van der Waals surface area contributed by atoms with Gasteiger partial charge in [-0.1, -0.05) is 19.9 Å². The van der Waals surface area contributed by atoms with Gasteiger partial charge >= 0.3 is 0 Å². The quantitative estimate of drug-likeness (QED) is 0.776. The van der Waals surface area contributed by atoms with Crippen LogP contribution in [-0.4, -0.2) is 13.7 Å². The van der Waals surface area contributed by atoms with Gasteiger partial charge in [-0.2, -0.15) is 0 Å². The third-order valence-corrected chi connectivity index (χ3v) is 5.67. The molecule has 2 heterocycles. The molecule has 3 rings (SSSR count). The van der Waals surface area contributed by atoms with E-state index in [0.29, 0.717) is 0 Å². The zero-order valence-corrected chi connectivity index (χ0v) is 14.8. The lowest BCUT2D eigenvalue weighted by Crippen LogP contribution is -2.20. The third kappa shape index (κ3) is 2.49. The average Bonchev–Trinajstić information content (AvgIpc) is 2.96. The number of benzene rings is 1.